The van der Waals surface area contributed by atoms with Crippen molar-refractivity contribution in [2.24, 2.45) is 17.8 Å². The molecule has 2 saturated heterocycles. The average molecular weight is 814 g/mol. The third-order valence-electron chi connectivity index (χ3n) is 11.0. The molecule has 3 rings (SSSR count). The third kappa shape index (κ3) is 13.4. The van der Waals surface area contributed by atoms with E-state index in [1.807, 2.05) is 13.0 Å². The number of hydrogen-bond acceptors (Lipinski definition) is 16. The lowest BCUT2D eigenvalue weighted by Gasteiger charge is -2.50. The van der Waals surface area contributed by atoms with Crippen LogP contribution in [-0.2, 0) is 57.1 Å². The first kappa shape index (κ1) is 48.6. The molecular formula is C41H67NO15. The fraction of sp³-hybridized carbons (Fsp3) is 0.805. The van der Waals surface area contributed by atoms with Gasteiger partial charge in [-0.05, 0) is 67.0 Å². The lowest BCUT2D eigenvalue weighted by atomic mass is 9.80. The molecule has 0 aromatic carbocycles. The van der Waals surface area contributed by atoms with Crippen LogP contribution in [0.3, 0.4) is 0 Å². The molecule has 0 amide bonds. The van der Waals surface area contributed by atoms with E-state index < -0.39 is 121 Å². The van der Waals surface area contributed by atoms with Crippen LogP contribution in [0.15, 0.2) is 24.3 Å². The number of ether oxygens (including phenoxy) is 8. The Hall–Kier alpha value is -2.80. The summed E-state index contributed by atoms with van der Waals surface area (Å²) in [6.45, 7) is 11.9. The second-order valence-corrected chi connectivity index (χ2v) is 15.9. The largest absolute Gasteiger partial charge is 0.466 e. The molecule has 326 valence electrons. The number of esters is 3. The Morgan fingerprint density at radius 2 is 1.72 bits per heavy atom. The topological polar surface area (TPSA) is 206 Å². The quantitative estimate of drug-likeness (QED) is 0.147. The van der Waals surface area contributed by atoms with Crippen molar-refractivity contribution in [1.82, 2.24) is 4.90 Å². The second kappa shape index (κ2) is 22.5. The molecule has 57 heavy (non-hydrogen) atoms. The Morgan fingerprint density at radius 1 is 1.02 bits per heavy atom. The molecule has 16 atom stereocenters. The minimum atomic E-state index is -1.53. The van der Waals surface area contributed by atoms with Crippen molar-refractivity contribution in [2.45, 2.75) is 166 Å². The lowest BCUT2D eigenvalue weighted by Crippen LogP contribution is -2.65. The van der Waals surface area contributed by atoms with Gasteiger partial charge in [0, 0.05) is 32.8 Å². The predicted octanol–water partition coefficient (Wildman–Crippen LogP) is 2.62. The van der Waals surface area contributed by atoms with Crippen LogP contribution in [0, 0.1) is 17.8 Å². The first-order valence-corrected chi connectivity index (χ1v) is 20.1. The van der Waals surface area contributed by atoms with E-state index in [1.165, 1.54) is 14.0 Å². The Balaban J connectivity index is 2.02. The normalized spacial score (nSPS) is 41.1. The maximum atomic E-state index is 13.3. The summed E-state index contributed by atoms with van der Waals surface area (Å²) in [5.41, 5.74) is -1.53. The van der Waals surface area contributed by atoms with Crippen molar-refractivity contribution in [3.05, 3.63) is 24.3 Å². The second-order valence-electron chi connectivity index (χ2n) is 15.9. The minimum Gasteiger partial charge on any atom is -0.466 e. The number of allylic oxidation sites excluding steroid dienone is 2. The summed E-state index contributed by atoms with van der Waals surface area (Å²) in [6.07, 6.45) is -3.42. The van der Waals surface area contributed by atoms with Gasteiger partial charge < -0.3 is 62.9 Å². The maximum absolute atomic E-state index is 13.3. The number of nitrogens with zero attached hydrogens (tertiary/aromatic N) is 1. The number of likely N-dealkylation sites (N-methyl/N-ethyl adjacent to an activating group) is 1. The van der Waals surface area contributed by atoms with Crippen molar-refractivity contribution < 1.29 is 72.4 Å². The van der Waals surface area contributed by atoms with E-state index in [0.717, 1.165) is 0 Å². The number of hydrogen-bond donors (Lipinski definition) is 3. The zero-order chi connectivity index (χ0) is 42.6. The van der Waals surface area contributed by atoms with Gasteiger partial charge in [0.2, 0.25) is 0 Å². The highest BCUT2D eigenvalue weighted by molar-refractivity contribution is 5.74. The van der Waals surface area contributed by atoms with Gasteiger partial charge in [-0.2, -0.15) is 0 Å². The Kier molecular flexibility index (Phi) is 19.2. The third-order valence-corrected chi connectivity index (χ3v) is 11.0. The standard InChI is InChI=1S/C41H67NO15/c1-11-30(45)55-29-21-31(46)52-24(4)16-14-13-15-17-28(44)23(3)20-27(18-19-43)37(38(29)50-10)57-40-35(47)34(42(8)9)36(26(6)54-40)56-32-22-41(7,49)33(25(5)53-32)39(48)51-12-2/h13-15,17,19,23-29,32-38,40,44,47,49H,11-12,16,18,20-22H2,1-10H3/b14-13+,17-15+/t23-,24-,25+,26-,27+,28+,29-,32+,33-,34-,35-,36-,37+,38+,40+,41-/m1/s1. The van der Waals surface area contributed by atoms with Crippen molar-refractivity contribution in [3.63, 3.8) is 0 Å². The first-order chi connectivity index (χ1) is 26.9. The van der Waals surface area contributed by atoms with Crippen molar-refractivity contribution >= 4 is 24.2 Å². The van der Waals surface area contributed by atoms with E-state index in [1.54, 1.807) is 71.8 Å². The van der Waals surface area contributed by atoms with Gasteiger partial charge in [-0.3, -0.25) is 14.4 Å². The molecule has 0 aromatic heterocycles. The molecule has 0 bridgehead atoms. The number of carbonyl (C=O) groups is 4. The van der Waals surface area contributed by atoms with Gasteiger partial charge in [-0.25, -0.2) is 0 Å². The van der Waals surface area contributed by atoms with Crippen molar-refractivity contribution in [2.75, 3.05) is 27.8 Å². The van der Waals surface area contributed by atoms with Gasteiger partial charge in [-0.1, -0.05) is 38.2 Å². The highest BCUT2D eigenvalue weighted by Crippen LogP contribution is 2.39. The summed E-state index contributed by atoms with van der Waals surface area (Å²) in [5.74, 6) is -3.89. The van der Waals surface area contributed by atoms with Gasteiger partial charge in [0.15, 0.2) is 12.6 Å². The predicted molar refractivity (Wildman–Crippen MR) is 205 cm³/mol. The number of aldehydes is 1. The molecule has 3 heterocycles. The molecule has 0 aromatic rings. The van der Waals surface area contributed by atoms with E-state index in [2.05, 4.69) is 0 Å². The summed E-state index contributed by atoms with van der Waals surface area (Å²) in [6, 6.07) is -0.786. The van der Waals surface area contributed by atoms with E-state index >= 15 is 0 Å². The van der Waals surface area contributed by atoms with E-state index in [9.17, 15) is 34.5 Å². The summed E-state index contributed by atoms with van der Waals surface area (Å²) >= 11 is 0. The van der Waals surface area contributed by atoms with Crippen LogP contribution < -0.4 is 0 Å². The van der Waals surface area contributed by atoms with Gasteiger partial charge in [0.1, 0.15) is 42.7 Å². The van der Waals surface area contributed by atoms with Crippen molar-refractivity contribution in [3.8, 4) is 0 Å². The fourth-order valence-electron chi connectivity index (χ4n) is 8.07. The van der Waals surface area contributed by atoms with Gasteiger partial charge >= 0.3 is 17.9 Å². The minimum absolute atomic E-state index is 0.00169. The molecular weight excluding hydrogens is 746 g/mol. The molecule has 0 radical (unpaired) electrons. The zero-order valence-electron chi connectivity index (χ0n) is 35.2. The van der Waals surface area contributed by atoms with E-state index in [-0.39, 0.29) is 32.3 Å². The molecule has 16 heteroatoms. The summed E-state index contributed by atoms with van der Waals surface area (Å²) < 4.78 is 48.2. The summed E-state index contributed by atoms with van der Waals surface area (Å²) in [5, 5.41) is 34.5. The maximum Gasteiger partial charge on any atom is 0.314 e. The SMILES string of the molecule is CCOC(=O)[C@H]1[C@H](C)O[C@@H](O[C@H]2[C@H](N(C)C)[C@@H](O)[C@H](O[C@H]3[C@@H](CC=O)C[C@@H](C)[C@@H](O)/C=C/C=C/C[C@@H](C)OC(=O)C[C@@H](OC(=O)CC)[C@@H]3OC)O[C@@H]2C)C[C@@]1(C)O. The average Bonchev–Trinajstić information content (AvgIpc) is 3.11. The molecule has 16 nitrogen and oxygen atoms in total. The Labute approximate surface area is 337 Å². The molecule has 0 aliphatic carbocycles. The number of carbonyl (C=O) groups excluding carboxylic acids is 4. The monoisotopic (exact) mass is 813 g/mol. The Morgan fingerprint density at radius 3 is 2.32 bits per heavy atom. The molecule has 3 N–H and O–H groups in total. The van der Waals surface area contributed by atoms with Gasteiger partial charge in [0.25, 0.3) is 0 Å². The molecule has 2 fully saturated rings. The van der Waals surface area contributed by atoms with E-state index in [0.29, 0.717) is 12.7 Å². The lowest BCUT2D eigenvalue weighted by molar-refractivity contribution is -0.340. The first-order valence-electron chi connectivity index (χ1n) is 20.1. The molecule has 3 aliphatic heterocycles. The van der Waals surface area contributed by atoms with Crippen LogP contribution >= 0.6 is 0 Å². The number of aliphatic hydroxyl groups excluding tert-OH is 2. The van der Waals surface area contributed by atoms with Crippen LogP contribution in [-0.4, -0.2) is 151 Å². The van der Waals surface area contributed by atoms with Gasteiger partial charge in [0.05, 0.1) is 49.1 Å². The number of methoxy groups -OCH3 is 1. The van der Waals surface area contributed by atoms with Crippen LogP contribution in [0.5, 0.6) is 0 Å². The summed E-state index contributed by atoms with van der Waals surface area (Å²) in [4.78, 5) is 52.9. The van der Waals surface area contributed by atoms with Crippen LogP contribution in [0.25, 0.3) is 0 Å². The van der Waals surface area contributed by atoms with Crippen LogP contribution in [0.4, 0.5) is 0 Å². The number of aliphatic hydroxyl groups is 3. The highest BCUT2D eigenvalue weighted by atomic mass is 16.7. The fourth-order valence-corrected chi connectivity index (χ4v) is 8.07. The smallest absolute Gasteiger partial charge is 0.314 e. The molecule has 0 saturated carbocycles. The van der Waals surface area contributed by atoms with E-state index in [4.69, 9.17) is 37.9 Å². The number of cyclic esters (lactones) is 1. The van der Waals surface area contributed by atoms with Crippen LogP contribution in [0.2, 0.25) is 0 Å². The van der Waals surface area contributed by atoms with Crippen LogP contribution in [0.1, 0.15) is 87.0 Å². The van der Waals surface area contributed by atoms with Gasteiger partial charge in [-0.15, -0.1) is 0 Å². The van der Waals surface area contributed by atoms with Crippen molar-refractivity contribution in [1.29, 1.82) is 0 Å². The molecule has 0 unspecified atom stereocenters. The Bertz CT molecular complexity index is 1350. The molecule has 0 spiro atoms. The number of rotatable bonds is 12. The highest BCUT2D eigenvalue weighted by Gasteiger charge is 2.53. The molecule has 3 aliphatic rings. The summed E-state index contributed by atoms with van der Waals surface area (Å²) in [7, 11) is 4.85. The zero-order valence-corrected chi connectivity index (χ0v) is 35.2.